The van der Waals surface area contributed by atoms with Gasteiger partial charge in [0, 0.05) is 38.8 Å². The maximum atomic E-state index is 12.4. The standard InChI is InChI=1S/C19H21N3O2/c23-19(18-9-5-11-22(24)16-18)21-14-12-20(13-15-21)10-4-8-17-6-2-1-3-7-17/h1-9,11,16H,10,12-15H2. The summed E-state index contributed by atoms with van der Waals surface area (Å²) in [7, 11) is 0. The fourth-order valence-corrected chi connectivity index (χ4v) is 2.80. The molecule has 1 aromatic carbocycles. The van der Waals surface area contributed by atoms with Crippen LogP contribution in [0, 0.1) is 5.21 Å². The minimum absolute atomic E-state index is 0.0697. The Morgan fingerprint density at radius 3 is 2.54 bits per heavy atom. The number of hydrogen-bond acceptors (Lipinski definition) is 3. The number of carbonyl (C=O) groups excluding carboxylic acids is 1. The molecule has 5 heteroatoms. The van der Waals surface area contributed by atoms with Gasteiger partial charge in [-0.3, -0.25) is 9.69 Å². The van der Waals surface area contributed by atoms with Gasteiger partial charge in [-0.05, 0) is 11.6 Å². The van der Waals surface area contributed by atoms with Crippen molar-refractivity contribution in [2.24, 2.45) is 0 Å². The second-order valence-corrected chi connectivity index (χ2v) is 5.86. The van der Waals surface area contributed by atoms with Crippen LogP contribution in [0.3, 0.4) is 0 Å². The summed E-state index contributed by atoms with van der Waals surface area (Å²) in [5, 5.41) is 11.3. The van der Waals surface area contributed by atoms with Gasteiger partial charge in [-0.1, -0.05) is 42.5 Å². The normalized spacial score (nSPS) is 15.8. The van der Waals surface area contributed by atoms with Gasteiger partial charge >= 0.3 is 0 Å². The Morgan fingerprint density at radius 1 is 1.08 bits per heavy atom. The first-order valence-electron chi connectivity index (χ1n) is 8.14. The van der Waals surface area contributed by atoms with E-state index >= 15 is 0 Å². The second kappa shape index (κ2) is 7.75. The number of piperazine rings is 1. The number of pyridine rings is 1. The van der Waals surface area contributed by atoms with Crippen LogP contribution in [0.5, 0.6) is 0 Å². The Kier molecular flexibility index (Phi) is 5.23. The number of benzene rings is 1. The van der Waals surface area contributed by atoms with Gasteiger partial charge in [0.05, 0.1) is 0 Å². The van der Waals surface area contributed by atoms with E-state index in [-0.39, 0.29) is 5.91 Å². The van der Waals surface area contributed by atoms with Crippen LogP contribution in [0.25, 0.3) is 6.08 Å². The van der Waals surface area contributed by atoms with E-state index in [2.05, 4.69) is 29.2 Å². The van der Waals surface area contributed by atoms with E-state index in [1.165, 1.54) is 18.0 Å². The first-order chi connectivity index (χ1) is 11.7. The smallest absolute Gasteiger partial charge is 0.260 e. The van der Waals surface area contributed by atoms with Crippen LogP contribution < -0.4 is 4.73 Å². The number of aromatic nitrogens is 1. The molecule has 24 heavy (non-hydrogen) atoms. The molecule has 124 valence electrons. The number of carbonyl (C=O) groups is 1. The van der Waals surface area contributed by atoms with Crippen LogP contribution in [0.1, 0.15) is 15.9 Å². The molecule has 1 saturated heterocycles. The lowest BCUT2D eigenvalue weighted by Gasteiger charge is -2.34. The van der Waals surface area contributed by atoms with Gasteiger partial charge < -0.3 is 10.1 Å². The molecule has 3 rings (SSSR count). The highest BCUT2D eigenvalue weighted by Crippen LogP contribution is 2.08. The van der Waals surface area contributed by atoms with Crippen molar-refractivity contribution in [3.05, 3.63) is 77.3 Å². The van der Waals surface area contributed by atoms with Crippen LogP contribution in [-0.4, -0.2) is 48.4 Å². The number of amides is 1. The lowest BCUT2D eigenvalue weighted by atomic mass is 10.2. The van der Waals surface area contributed by atoms with E-state index < -0.39 is 0 Å². The molecule has 2 heterocycles. The molecule has 0 atom stereocenters. The van der Waals surface area contributed by atoms with Crippen molar-refractivity contribution >= 4 is 12.0 Å². The van der Waals surface area contributed by atoms with E-state index in [0.29, 0.717) is 23.4 Å². The SMILES string of the molecule is O=C(c1ccc[n+]([O-])c1)N1CCN(CC=Cc2ccccc2)CC1. The zero-order valence-electron chi connectivity index (χ0n) is 13.5. The van der Waals surface area contributed by atoms with Crippen molar-refractivity contribution in [2.75, 3.05) is 32.7 Å². The molecular weight excluding hydrogens is 302 g/mol. The summed E-state index contributed by atoms with van der Waals surface area (Å²) in [6.45, 7) is 3.94. The third-order valence-corrected chi connectivity index (χ3v) is 4.16. The molecule has 1 aliphatic rings. The molecule has 5 nitrogen and oxygen atoms in total. The number of hydrogen-bond donors (Lipinski definition) is 0. The Labute approximate surface area is 142 Å². The van der Waals surface area contributed by atoms with Crippen LogP contribution in [0.4, 0.5) is 0 Å². The summed E-state index contributed by atoms with van der Waals surface area (Å²) in [5.74, 6) is -0.0697. The van der Waals surface area contributed by atoms with Gasteiger partial charge in [0.2, 0.25) is 0 Å². The first kappa shape index (κ1) is 16.2. The minimum Gasteiger partial charge on any atom is -0.619 e. The molecule has 2 aromatic rings. The summed E-state index contributed by atoms with van der Waals surface area (Å²) < 4.78 is 0.665. The average molecular weight is 323 g/mol. The Morgan fingerprint density at radius 2 is 1.83 bits per heavy atom. The second-order valence-electron chi connectivity index (χ2n) is 5.86. The summed E-state index contributed by atoms with van der Waals surface area (Å²) in [6.07, 6.45) is 6.99. The molecule has 0 N–H and O–H groups in total. The molecular formula is C19H21N3O2. The van der Waals surface area contributed by atoms with Gasteiger partial charge in [0.25, 0.3) is 5.91 Å². The third kappa shape index (κ3) is 4.20. The van der Waals surface area contributed by atoms with Gasteiger partial charge in [0.1, 0.15) is 5.56 Å². The minimum atomic E-state index is -0.0697. The molecule has 0 unspecified atom stereocenters. The molecule has 0 bridgehead atoms. The Balaban J connectivity index is 1.49. The van der Waals surface area contributed by atoms with Crippen molar-refractivity contribution in [1.82, 2.24) is 9.80 Å². The fraction of sp³-hybridized carbons (Fsp3) is 0.263. The highest BCUT2D eigenvalue weighted by Gasteiger charge is 2.22. The van der Waals surface area contributed by atoms with E-state index in [4.69, 9.17) is 0 Å². The van der Waals surface area contributed by atoms with Crippen molar-refractivity contribution < 1.29 is 9.52 Å². The highest BCUT2D eigenvalue weighted by atomic mass is 16.5. The van der Waals surface area contributed by atoms with Crippen molar-refractivity contribution in [3.63, 3.8) is 0 Å². The molecule has 1 fully saturated rings. The van der Waals surface area contributed by atoms with Gasteiger partial charge in [-0.15, -0.1) is 0 Å². The Hall–Kier alpha value is -2.66. The van der Waals surface area contributed by atoms with E-state index in [1.54, 1.807) is 12.1 Å². The fourth-order valence-electron chi connectivity index (χ4n) is 2.80. The van der Waals surface area contributed by atoms with Gasteiger partial charge in [-0.2, -0.15) is 4.73 Å². The largest absolute Gasteiger partial charge is 0.619 e. The molecule has 0 saturated carbocycles. The van der Waals surface area contributed by atoms with Gasteiger partial charge in [0.15, 0.2) is 12.4 Å². The Bertz CT molecular complexity index is 708. The molecule has 0 aliphatic carbocycles. The lowest BCUT2D eigenvalue weighted by Crippen LogP contribution is -2.48. The number of rotatable bonds is 4. The molecule has 0 radical (unpaired) electrons. The maximum absolute atomic E-state index is 12.4. The number of nitrogens with zero attached hydrogens (tertiary/aromatic N) is 3. The predicted octanol–water partition coefficient (Wildman–Crippen LogP) is 1.79. The van der Waals surface area contributed by atoms with E-state index in [0.717, 1.165) is 19.6 Å². The summed E-state index contributed by atoms with van der Waals surface area (Å²) in [5.41, 5.74) is 1.64. The zero-order chi connectivity index (χ0) is 16.8. The molecule has 1 aliphatic heterocycles. The molecule has 1 aromatic heterocycles. The van der Waals surface area contributed by atoms with Crippen molar-refractivity contribution in [1.29, 1.82) is 0 Å². The monoisotopic (exact) mass is 323 g/mol. The quantitative estimate of drug-likeness (QED) is 0.637. The first-order valence-corrected chi connectivity index (χ1v) is 8.14. The van der Waals surface area contributed by atoms with Gasteiger partial charge in [-0.25, -0.2) is 0 Å². The van der Waals surface area contributed by atoms with Crippen molar-refractivity contribution in [2.45, 2.75) is 0 Å². The van der Waals surface area contributed by atoms with Crippen molar-refractivity contribution in [3.8, 4) is 0 Å². The molecule has 1 amide bonds. The topological polar surface area (TPSA) is 50.5 Å². The zero-order valence-corrected chi connectivity index (χ0v) is 13.5. The predicted molar refractivity (Wildman–Crippen MR) is 93.2 cm³/mol. The maximum Gasteiger partial charge on any atom is 0.260 e. The third-order valence-electron chi connectivity index (χ3n) is 4.16. The highest BCUT2D eigenvalue weighted by molar-refractivity contribution is 5.93. The van der Waals surface area contributed by atoms with Crippen LogP contribution >= 0.6 is 0 Å². The molecule has 0 spiro atoms. The van der Waals surface area contributed by atoms with Crippen LogP contribution in [0.15, 0.2) is 60.9 Å². The van der Waals surface area contributed by atoms with Crippen LogP contribution in [0.2, 0.25) is 0 Å². The summed E-state index contributed by atoms with van der Waals surface area (Å²) in [4.78, 5) is 16.5. The summed E-state index contributed by atoms with van der Waals surface area (Å²) in [6, 6.07) is 13.5. The lowest BCUT2D eigenvalue weighted by molar-refractivity contribution is -0.605. The van der Waals surface area contributed by atoms with Crippen LogP contribution in [-0.2, 0) is 0 Å². The van der Waals surface area contributed by atoms with E-state index in [9.17, 15) is 10.0 Å². The van der Waals surface area contributed by atoms with E-state index in [1.807, 2.05) is 23.1 Å². The summed E-state index contributed by atoms with van der Waals surface area (Å²) >= 11 is 0. The average Bonchev–Trinajstić information content (AvgIpc) is 2.63.